The van der Waals surface area contributed by atoms with Crippen molar-refractivity contribution in [3.8, 4) is 0 Å². The van der Waals surface area contributed by atoms with Gasteiger partial charge in [-0.3, -0.25) is 4.79 Å². The number of nitrogens with one attached hydrogen (secondary N) is 2. The van der Waals surface area contributed by atoms with E-state index in [0.29, 0.717) is 6.04 Å². The molecule has 2 N–H and O–H groups in total. The number of carbonyl (C=O) groups excluding carboxylic acids is 1. The molecule has 3 nitrogen and oxygen atoms in total. The first-order chi connectivity index (χ1) is 10.2. The quantitative estimate of drug-likeness (QED) is 0.813. The summed E-state index contributed by atoms with van der Waals surface area (Å²) in [6.45, 7) is 3.29. The minimum Gasteiger partial charge on any atom is -0.384 e. The molecule has 2 unspecified atom stereocenters. The average Bonchev–Trinajstić information content (AvgIpc) is 2.71. The van der Waals surface area contributed by atoms with Gasteiger partial charge in [0, 0.05) is 12.6 Å². The van der Waals surface area contributed by atoms with Gasteiger partial charge in [0.15, 0.2) is 0 Å². The summed E-state index contributed by atoms with van der Waals surface area (Å²) in [6, 6.07) is 6.44. The molecule has 1 aromatic rings. The third-order valence-corrected chi connectivity index (χ3v) is 4.91. The molecule has 1 saturated carbocycles. The maximum Gasteiger partial charge on any atom is 0.253 e. The standard InChI is InChI=1S/C18H26N2O/c1-13-5-2-8-15(11-10-13)20-18(21)16-9-3-6-14-7-4-12-19-17(14)16/h3,6,9,13,15,19H,2,4-5,7-8,10-12H2,1H3,(H,20,21). The zero-order valence-electron chi connectivity index (χ0n) is 13.0. The van der Waals surface area contributed by atoms with Gasteiger partial charge in [-0.25, -0.2) is 0 Å². The second-order valence-corrected chi connectivity index (χ2v) is 6.65. The Hall–Kier alpha value is -1.51. The van der Waals surface area contributed by atoms with Crippen molar-refractivity contribution in [3.05, 3.63) is 29.3 Å². The van der Waals surface area contributed by atoms with Gasteiger partial charge in [0.05, 0.1) is 11.3 Å². The Morgan fingerprint density at radius 3 is 3.00 bits per heavy atom. The molecule has 1 aliphatic carbocycles. The Kier molecular flexibility index (Phi) is 4.47. The minimum absolute atomic E-state index is 0.0980. The summed E-state index contributed by atoms with van der Waals surface area (Å²) < 4.78 is 0. The van der Waals surface area contributed by atoms with Crippen LogP contribution in [0.1, 0.15) is 61.4 Å². The lowest BCUT2D eigenvalue weighted by atomic mass is 9.98. The Balaban J connectivity index is 1.71. The molecule has 2 atom stereocenters. The molecule has 1 fully saturated rings. The monoisotopic (exact) mass is 286 g/mol. The van der Waals surface area contributed by atoms with Crippen LogP contribution >= 0.6 is 0 Å². The highest BCUT2D eigenvalue weighted by Crippen LogP contribution is 2.27. The predicted molar refractivity (Wildman–Crippen MR) is 86.8 cm³/mol. The van der Waals surface area contributed by atoms with Gasteiger partial charge in [0.2, 0.25) is 0 Å². The van der Waals surface area contributed by atoms with Gasteiger partial charge in [0.25, 0.3) is 5.91 Å². The molecular weight excluding hydrogens is 260 g/mol. The summed E-state index contributed by atoms with van der Waals surface area (Å²) in [5.74, 6) is 0.902. The SMILES string of the molecule is CC1CCCC(NC(=O)c2cccc3c2NCCC3)CC1. The predicted octanol–water partition coefficient (Wildman–Crippen LogP) is 3.74. The molecule has 1 heterocycles. The fourth-order valence-electron chi connectivity index (χ4n) is 3.59. The zero-order chi connectivity index (χ0) is 14.7. The van der Waals surface area contributed by atoms with E-state index in [1.807, 2.05) is 12.1 Å². The van der Waals surface area contributed by atoms with E-state index in [1.165, 1.54) is 24.8 Å². The van der Waals surface area contributed by atoms with E-state index in [2.05, 4.69) is 23.6 Å². The van der Waals surface area contributed by atoms with Gasteiger partial charge in [0.1, 0.15) is 0 Å². The molecule has 1 aliphatic heterocycles. The lowest BCUT2D eigenvalue weighted by molar-refractivity contribution is 0.0934. The molecule has 114 valence electrons. The maximum absolute atomic E-state index is 12.6. The summed E-state index contributed by atoms with van der Waals surface area (Å²) in [4.78, 5) is 12.6. The van der Waals surface area contributed by atoms with E-state index in [1.54, 1.807) is 0 Å². The number of fused-ring (bicyclic) bond motifs is 1. The summed E-state index contributed by atoms with van der Waals surface area (Å²) in [7, 11) is 0. The zero-order valence-corrected chi connectivity index (χ0v) is 13.0. The van der Waals surface area contributed by atoms with E-state index in [9.17, 15) is 4.79 Å². The molecule has 1 aromatic carbocycles. The number of carbonyl (C=O) groups is 1. The van der Waals surface area contributed by atoms with Crippen molar-refractivity contribution in [1.29, 1.82) is 0 Å². The molecule has 21 heavy (non-hydrogen) atoms. The van der Waals surface area contributed by atoms with E-state index in [-0.39, 0.29) is 5.91 Å². The first kappa shape index (κ1) is 14.4. The molecule has 0 aromatic heterocycles. The molecule has 3 rings (SSSR count). The van der Waals surface area contributed by atoms with Gasteiger partial charge in [-0.05, 0) is 49.7 Å². The van der Waals surface area contributed by atoms with Crippen LogP contribution in [-0.4, -0.2) is 18.5 Å². The van der Waals surface area contributed by atoms with Crippen LogP contribution in [0, 0.1) is 5.92 Å². The van der Waals surface area contributed by atoms with Gasteiger partial charge in [-0.2, -0.15) is 0 Å². The van der Waals surface area contributed by atoms with Crippen molar-refractivity contribution in [3.63, 3.8) is 0 Å². The Labute approximate surface area is 127 Å². The Bertz CT molecular complexity index is 512. The summed E-state index contributed by atoms with van der Waals surface area (Å²) in [5, 5.41) is 6.67. The fraction of sp³-hybridized carbons (Fsp3) is 0.611. The molecule has 0 saturated heterocycles. The van der Waals surface area contributed by atoms with Gasteiger partial charge < -0.3 is 10.6 Å². The molecular formula is C18H26N2O. The van der Waals surface area contributed by atoms with Crippen LogP contribution in [0.2, 0.25) is 0 Å². The van der Waals surface area contributed by atoms with Crippen molar-refractivity contribution in [2.45, 2.75) is 57.9 Å². The number of aryl methyl sites for hydroxylation is 1. The number of hydrogen-bond acceptors (Lipinski definition) is 2. The summed E-state index contributed by atoms with van der Waals surface area (Å²) in [5.41, 5.74) is 3.16. The largest absolute Gasteiger partial charge is 0.384 e. The number of para-hydroxylation sites is 1. The van der Waals surface area contributed by atoms with Crippen LogP contribution in [0.3, 0.4) is 0 Å². The summed E-state index contributed by atoms with van der Waals surface area (Å²) >= 11 is 0. The first-order valence-corrected chi connectivity index (χ1v) is 8.40. The second-order valence-electron chi connectivity index (χ2n) is 6.65. The Morgan fingerprint density at radius 1 is 1.19 bits per heavy atom. The van der Waals surface area contributed by atoms with Crippen LogP contribution in [0.4, 0.5) is 5.69 Å². The van der Waals surface area contributed by atoms with Crippen molar-refractivity contribution in [2.75, 3.05) is 11.9 Å². The van der Waals surface area contributed by atoms with Crippen LogP contribution in [-0.2, 0) is 6.42 Å². The maximum atomic E-state index is 12.6. The van der Waals surface area contributed by atoms with Crippen molar-refractivity contribution in [1.82, 2.24) is 5.32 Å². The second kappa shape index (κ2) is 6.50. The van der Waals surface area contributed by atoms with Crippen molar-refractivity contribution < 1.29 is 4.79 Å². The van der Waals surface area contributed by atoms with Gasteiger partial charge in [-0.1, -0.05) is 31.9 Å². The summed E-state index contributed by atoms with van der Waals surface area (Å²) in [6.07, 6.45) is 8.24. The normalized spacial score (nSPS) is 25.4. The molecule has 2 aliphatic rings. The Morgan fingerprint density at radius 2 is 2.10 bits per heavy atom. The number of hydrogen-bond donors (Lipinski definition) is 2. The molecule has 0 bridgehead atoms. The van der Waals surface area contributed by atoms with Crippen LogP contribution in [0.5, 0.6) is 0 Å². The van der Waals surface area contributed by atoms with Crippen LogP contribution < -0.4 is 10.6 Å². The molecule has 0 spiro atoms. The number of benzene rings is 1. The van der Waals surface area contributed by atoms with Gasteiger partial charge >= 0.3 is 0 Å². The van der Waals surface area contributed by atoms with Crippen LogP contribution in [0.15, 0.2) is 18.2 Å². The number of anilines is 1. The highest BCUT2D eigenvalue weighted by Gasteiger charge is 2.21. The van der Waals surface area contributed by atoms with Crippen molar-refractivity contribution >= 4 is 11.6 Å². The molecule has 1 amide bonds. The van der Waals surface area contributed by atoms with E-state index in [4.69, 9.17) is 0 Å². The van der Waals surface area contributed by atoms with E-state index < -0.39 is 0 Å². The van der Waals surface area contributed by atoms with E-state index in [0.717, 1.165) is 49.4 Å². The topological polar surface area (TPSA) is 41.1 Å². The van der Waals surface area contributed by atoms with E-state index >= 15 is 0 Å². The molecule has 0 radical (unpaired) electrons. The van der Waals surface area contributed by atoms with Crippen LogP contribution in [0.25, 0.3) is 0 Å². The third kappa shape index (κ3) is 3.39. The van der Waals surface area contributed by atoms with Gasteiger partial charge in [-0.15, -0.1) is 0 Å². The minimum atomic E-state index is 0.0980. The molecule has 3 heteroatoms. The number of rotatable bonds is 2. The average molecular weight is 286 g/mol. The highest BCUT2D eigenvalue weighted by molar-refractivity contribution is 6.00. The van der Waals surface area contributed by atoms with Crippen molar-refractivity contribution in [2.24, 2.45) is 5.92 Å². The third-order valence-electron chi connectivity index (χ3n) is 4.91. The number of amides is 1. The first-order valence-electron chi connectivity index (χ1n) is 8.40. The fourth-order valence-corrected chi connectivity index (χ4v) is 3.59. The highest BCUT2D eigenvalue weighted by atomic mass is 16.1. The lowest BCUT2D eigenvalue weighted by Gasteiger charge is -2.22. The lowest BCUT2D eigenvalue weighted by Crippen LogP contribution is -2.35. The smallest absolute Gasteiger partial charge is 0.253 e.